The standard InChI is InChI=1S/C13H19BrO2/c1-3-15-13(16-4-2)10-9-11-7-5-6-8-12(11)14/h5-8,13H,3-4,9-10H2,1-2H3. The lowest BCUT2D eigenvalue weighted by molar-refractivity contribution is -0.139. The van der Waals surface area contributed by atoms with Crippen LogP contribution in [0.4, 0.5) is 0 Å². The highest BCUT2D eigenvalue weighted by atomic mass is 79.9. The van der Waals surface area contributed by atoms with Gasteiger partial charge in [-0.05, 0) is 31.9 Å². The largest absolute Gasteiger partial charge is 0.353 e. The molecule has 0 radical (unpaired) electrons. The molecule has 16 heavy (non-hydrogen) atoms. The van der Waals surface area contributed by atoms with Crippen LogP contribution in [0.2, 0.25) is 0 Å². The van der Waals surface area contributed by atoms with Gasteiger partial charge in [-0.3, -0.25) is 0 Å². The van der Waals surface area contributed by atoms with E-state index < -0.39 is 0 Å². The summed E-state index contributed by atoms with van der Waals surface area (Å²) in [6, 6.07) is 8.26. The molecule has 90 valence electrons. The Labute approximate surface area is 106 Å². The first-order valence-electron chi connectivity index (χ1n) is 5.74. The number of ether oxygens (including phenoxy) is 2. The van der Waals surface area contributed by atoms with Crippen LogP contribution in [0, 0.1) is 0 Å². The van der Waals surface area contributed by atoms with Crippen molar-refractivity contribution in [3.63, 3.8) is 0 Å². The van der Waals surface area contributed by atoms with Gasteiger partial charge in [0.2, 0.25) is 0 Å². The fraction of sp³-hybridized carbons (Fsp3) is 0.538. The topological polar surface area (TPSA) is 18.5 Å². The van der Waals surface area contributed by atoms with Crippen LogP contribution in [-0.4, -0.2) is 19.5 Å². The number of hydrogen-bond acceptors (Lipinski definition) is 2. The summed E-state index contributed by atoms with van der Waals surface area (Å²) in [5, 5.41) is 0. The van der Waals surface area contributed by atoms with Gasteiger partial charge in [0.25, 0.3) is 0 Å². The van der Waals surface area contributed by atoms with Crippen molar-refractivity contribution in [2.24, 2.45) is 0 Å². The number of benzene rings is 1. The lowest BCUT2D eigenvalue weighted by Crippen LogP contribution is -2.18. The molecule has 0 saturated heterocycles. The van der Waals surface area contributed by atoms with Crippen molar-refractivity contribution in [3.8, 4) is 0 Å². The Morgan fingerprint density at radius 3 is 2.31 bits per heavy atom. The second-order valence-electron chi connectivity index (χ2n) is 3.47. The SMILES string of the molecule is CCOC(CCc1ccccc1Br)OCC. The predicted molar refractivity (Wildman–Crippen MR) is 69.5 cm³/mol. The molecule has 0 spiro atoms. The van der Waals surface area contributed by atoms with Gasteiger partial charge in [-0.1, -0.05) is 34.1 Å². The molecular formula is C13H19BrO2. The molecule has 1 aromatic carbocycles. The van der Waals surface area contributed by atoms with E-state index in [1.807, 2.05) is 19.9 Å². The molecule has 0 atom stereocenters. The van der Waals surface area contributed by atoms with Crippen LogP contribution in [-0.2, 0) is 15.9 Å². The molecule has 0 aromatic heterocycles. The van der Waals surface area contributed by atoms with E-state index in [4.69, 9.17) is 9.47 Å². The summed E-state index contributed by atoms with van der Waals surface area (Å²) in [5.74, 6) is 0. The van der Waals surface area contributed by atoms with Gasteiger partial charge in [-0.25, -0.2) is 0 Å². The zero-order chi connectivity index (χ0) is 11.8. The molecule has 0 bridgehead atoms. The number of hydrogen-bond donors (Lipinski definition) is 0. The Kier molecular flexibility index (Phi) is 6.69. The van der Waals surface area contributed by atoms with Gasteiger partial charge in [0.15, 0.2) is 6.29 Å². The number of halogens is 1. The Bertz CT molecular complexity index is 296. The van der Waals surface area contributed by atoms with E-state index in [0.29, 0.717) is 13.2 Å². The van der Waals surface area contributed by atoms with Crippen molar-refractivity contribution < 1.29 is 9.47 Å². The van der Waals surface area contributed by atoms with Gasteiger partial charge < -0.3 is 9.47 Å². The molecule has 0 N–H and O–H groups in total. The maximum atomic E-state index is 5.51. The summed E-state index contributed by atoms with van der Waals surface area (Å²) in [4.78, 5) is 0. The van der Waals surface area contributed by atoms with Gasteiger partial charge in [-0.15, -0.1) is 0 Å². The fourth-order valence-corrected chi connectivity index (χ4v) is 2.04. The molecule has 0 aliphatic carbocycles. The van der Waals surface area contributed by atoms with Crippen LogP contribution >= 0.6 is 15.9 Å². The smallest absolute Gasteiger partial charge is 0.157 e. The van der Waals surface area contributed by atoms with Gasteiger partial charge in [0.05, 0.1) is 0 Å². The normalized spacial score (nSPS) is 11.0. The highest BCUT2D eigenvalue weighted by Gasteiger charge is 2.08. The van der Waals surface area contributed by atoms with Gasteiger partial charge in [-0.2, -0.15) is 0 Å². The Hall–Kier alpha value is -0.380. The van der Waals surface area contributed by atoms with Crippen LogP contribution in [0.5, 0.6) is 0 Å². The van der Waals surface area contributed by atoms with Gasteiger partial charge in [0.1, 0.15) is 0 Å². The van der Waals surface area contributed by atoms with Crippen molar-refractivity contribution >= 4 is 15.9 Å². The molecule has 3 heteroatoms. The average molecular weight is 287 g/mol. The van der Waals surface area contributed by atoms with Crippen LogP contribution in [0.3, 0.4) is 0 Å². The molecule has 0 amide bonds. The van der Waals surface area contributed by atoms with Crippen molar-refractivity contribution in [2.75, 3.05) is 13.2 Å². The molecule has 0 unspecified atom stereocenters. The lowest BCUT2D eigenvalue weighted by atomic mass is 10.1. The van der Waals surface area contributed by atoms with E-state index in [1.54, 1.807) is 0 Å². The molecule has 0 aliphatic rings. The van der Waals surface area contributed by atoms with Crippen LogP contribution in [0.1, 0.15) is 25.8 Å². The molecule has 1 aromatic rings. The summed E-state index contributed by atoms with van der Waals surface area (Å²) in [5.41, 5.74) is 1.30. The molecular weight excluding hydrogens is 268 g/mol. The summed E-state index contributed by atoms with van der Waals surface area (Å²) in [7, 11) is 0. The summed E-state index contributed by atoms with van der Waals surface area (Å²) in [6.45, 7) is 5.37. The molecule has 0 fully saturated rings. The zero-order valence-corrected chi connectivity index (χ0v) is 11.5. The monoisotopic (exact) mass is 286 g/mol. The zero-order valence-electron chi connectivity index (χ0n) is 9.91. The maximum absolute atomic E-state index is 5.51. The third-order valence-electron chi connectivity index (χ3n) is 2.31. The minimum atomic E-state index is -0.0814. The molecule has 0 saturated carbocycles. The van der Waals surface area contributed by atoms with Gasteiger partial charge in [0, 0.05) is 24.1 Å². The summed E-state index contributed by atoms with van der Waals surface area (Å²) >= 11 is 3.54. The van der Waals surface area contributed by atoms with Crippen molar-refractivity contribution in [1.29, 1.82) is 0 Å². The lowest BCUT2D eigenvalue weighted by Gasteiger charge is -2.17. The third-order valence-corrected chi connectivity index (χ3v) is 3.09. The number of rotatable bonds is 7. The molecule has 0 heterocycles. The first-order chi connectivity index (χ1) is 7.77. The minimum Gasteiger partial charge on any atom is -0.353 e. The maximum Gasteiger partial charge on any atom is 0.157 e. The summed E-state index contributed by atoms with van der Waals surface area (Å²) < 4.78 is 12.2. The first kappa shape index (κ1) is 13.7. The van der Waals surface area contributed by atoms with Crippen molar-refractivity contribution in [3.05, 3.63) is 34.3 Å². The van der Waals surface area contributed by atoms with E-state index in [0.717, 1.165) is 17.3 Å². The van der Waals surface area contributed by atoms with Crippen molar-refractivity contribution in [1.82, 2.24) is 0 Å². The van der Waals surface area contributed by atoms with Crippen LogP contribution < -0.4 is 0 Å². The van der Waals surface area contributed by atoms with Gasteiger partial charge >= 0.3 is 0 Å². The summed E-state index contributed by atoms with van der Waals surface area (Å²) in [6.07, 6.45) is 1.78. The minimum absolute atomic E-state index is 0.0814. The van der Waals surface area contributed by atoms with E-state index >= 15 is 0 Å². The predicted octanol–water partition coefficient (Wildman–Crippen LogP) is 3.78. The highest BCUT2D eigenvalue weighted by molar-refractivity contribution is 9.10. The number of aryl methyl sites for hydroxylation is 1. The van der Waals surface area contributed by atoms with E-state index in [-0.39, 0.29) is 6.29 Å². The van der Waals surface area contributed by atoms with Crippen molar-refractivity contribution in [2.45, 2.75) is 33.0 Å². The molecule has 2 nitrogen and oxygen atoms in total. The fourth-order valence-electron chi connectivity index (χ4n) is 1.56. The Morgan fingerprint density at radius 2 is 1.75 bits per heavy atom. The van der Waals surface area contributed by atoms with Crippen LogP contribution in [0.15, 0.2) is 28.7 Å². The first-order valence-corrected chi connectivity index (χ1v) is 6.53. The quantitative estimate of drug-likeness (QED) is 0.710. The van der Waals surface area contributed by atoms with E-state index in [2.05, 4.69) is 34.1 Å². The molecule has 1 rings (SSSR count). The second kappa shape index (κ2) is 7.82. The average Bonchev–Trinajstić information content (AvgIpc) is 2.28. The van der Waals surface area contributed by atoms with Crippen LogP contribution in [0.25, 0.3) is 0 Å². The third kappa shape index (κ3) is 4.64. The Morgan fingerprint density at radius 1 is 1.12 bits per heavy atom. The van der Waals surface area contributed by atoms with E-state index in [1.165, 1.54) is 5.56 Å². The van der Waals surface area contributed by atoms with E-state index in [9.17, 15) is 0 Å². The molecule has 0 aliphatic heterocycles. The second-order valence-corrected chi connectivity index (χ2v) is 4.32. The Balaban J connectivity index is 2.45. The highest BCUT2D eigenvalue weighted by Crippen LogP contribution is 2.18.